The van der Waals surface area contributed by atoms with Crippen LogP contribution in [0, 0.1) is 0 Å². The number of fused-ring (bicyclic) bond motifs is 44. The minimum absolute atomic E-state index is 0.696. The smallest absolute Gasteiger partial charge is 0.162 e. The van der Waals surface area contributed by atoms with Crippen molar-refractivity contribution in [1.29, 1.82) is 0 Å². The molecule has 35 aromatic rings. The zero-order valence-corrected chi connectivity index (χ0v) is 84.4. The fourth-order valence-corrected chi connectivity index (χ4v) is 31.1. The van der Waals surface area contributed by atoms with Gasteiger partial charge in [0.2, 0.25) is 0 Å². The molecular weight excluding hydrogens is 1940 g/mol. The summed E-state index contributed by atoms with van der Waals surface area (Å²) >= 11 is 11.0. The Bertz CT molecular complexity index is 12100. The summed E-state index contributed by atoms with van der Waals surface area (Å²) in [5.41, 5.74) is 17.1. The number of hydrogen-bond acceptors (Lipinski definition) is 13. The highest BCUT2D eigenvalue weighted by Gasteiger charge is 2.32. The molecule has 0 unspecified atom stereocenters. The first-order valence-electron chi connectivity index (χ1n) is 50.2. The third-order valence-corrected chi connectivity index (χ3v) is 37.6. The van der Waals surface area contributed by atoms with Gasteiger partial charge in [0.25, 0.3) is 0 Å². The third kappa shape index (κ3) is 12.5. The maximum atomic E-state index is 6.20. The van der Waals surface area contributed by atoms with Crippen molar-refractivity contribution in [3.05, 3.63) is 443 Å². The molecule has 0 bridgehead atoms. The van der Waals surface area contributed by atoms with E-state index in [0.717, 1.165) is 136 Å². The summed E-state index contributed by atoms with van der Waals surface area (Å²) in [6, 6.07) is 159. The molecule has 0 N–H and O–H groups in total. The molecule has 696 valence electrons. The highest BCUT2D eigenvalue weighted by atomic mass is 32.1. The van der Waals surface area contributed by atoms with Gasteiger partial charge >= 0.3 is 0 Å². The second-order valence-electron chi connectivity index (χ2n) is 38.7. The van der Waals surface area contributed by atoms with Crippen LogP contribution in [0.1, 0.15) is 0 Å². The highest BCUT2D eigenvalue weighted by molar-refractivity contribution is 7.29. The number of para-hydroxylation sites is 4. The second-order valence-corrected chi connectivity index (χ2v) is 45.0. The van der Waals surface area contributed by atoms with Crippen LogP contribution in [0.2, 0.25) is 0 Å². The molecule has 35 rings (SSSR count). The van der Waals surface area contributed by atoms with E-state index in [0.29, 0.717) is 5.82 Å². The van der Waals surface area contributed by atoms with E-state index >= 15 is 0 Å². The van der Waals surface area contributed by atoms with Crippen LogP contribution in [0.15, 0.2) is 447 Å². The average Bonchev–Trinajstić information content (AvgIpc) is 1.54. The van der Waals surface area contributed by atoms with E-state index in [9.17, 15) is 0 Å². The molecule has 16 heteroatoms. The molecule has 0 saturated carbocycles. The van der Waals surface area contributed by atoms with E-state index in [1.54, 1.807) is 34.0 Å². The van der Waals surface area contributed by atoms with Gasteiger partial charge in [-0.1, -0.05) is 346 Å². The lowest BCUT2D eigenvalue weighted by Gasteiger charge is -2.13. The molecule has 0 aliphatic heterocycles. The zero-order chi connectivity index (χ0) is 97.8. The lowest BCUT2D eigenvalue weighted by molar-refractivity contribution is 0.669. The molecule has 0 radical (unpaired) electrons. The molecular formula is C134H73N9OS6. The van der Waals surface area contributed by atoms with Crippen LogP contribution in [0.25, 0.3) is 325 Å². The molecule has 10 nitrogen and oxygen atoms in total. The number of benzene rings is 22. The Labute approximate surface area is 876 Å². The van der Waals surface area contributed by atoms with Crippen LogP contribution in [0.4, 0.5) is 0 Å². The monoisotopic (exact) mass is 2020 g/mol. The van der Waals surface area contributed by atoms with Crippen LogP contribution in [-0.2, 0) is 0 Å². The van der Waals surface area contributed by atoms with E-state index in [-0.39, 0.29) is 0 Å². The maximum absolute atomic E-state index is 6.20. The van der Waals surface area contributed by atoms with Crippen molar-refractivity contribution in [3.63, 3.8) is 0 Å². The Kier molecular flexibility index (Phi) is 18.3. The zero-order valence-electron chi connectivity index (χ0n) is 79.5. The van der Waals surface area contributed by atoms with Gasteiger partial charge in [0.15, 0.2) is 34.9 Å². The van der Waals surface area contributed by atoms with Crippen molar-refractivity contribution in [1.82, 2.24) is 43.6 Å². The number of aromatic nitrogens is 9. The van der Waals surface area contributed by atoms with Gasteiger partial charge in [0, 0.05) is 167 Å². The van der Waals surface area contributed by atoms with Gasteiger partial charge in [-0.05, 0) is 146 Å². The molecule has 0 aliphatic rings. The Balaban J connectivity index is 0.0000000976. The van der Waals surface area contributed by atoms with Gasteiger partial charge in [-0.3, -0.25) is 13.7 Å². The molecule has 0 saturated heterocycles. The fourth-order valence-electron chi connectivity index (χ4n) is 24.0. The molecule has 0 atom stereocenters. The second kappa shape index (κ2) is 32.7. The Hall–Kier alpha value is -18.1. The summed E-state index contributed by atoms with van der Waals surface area (Å²) in [5, 5.41) is 33.2. The van der Waals surface area contributed by atoms with Crippen molar-refractivity contribution in [2.45, 2.75) is 0 Å². The average molecular weight is 2020 g/mol. The van der Waals surface area contributed by atoms with E-state index in [2.05, 4.69) is 444 Å². The van der Waals surface area contributed by atoms with Crippen molar-refractivity contribution >= 4 is 331 Å². The largest absolute Gasteiger partial charge is 0.456 e. The Morgan fingerprint density at radius 1 is 0.167 bits per heavy atom. The lowest BCUT2D eigenvalue weighted by Crippen LogP contribution is -2.02. The minimum atomic E-state index is 0.696. The maximum Gasteiger partial charge on any atom is 0.162 e. The van der Waals surface area contributed by atoms with Gasteiger partial charge in [-0.25, -0.2) is 29.9 Å². The number of hydrogen-bond donors (Lipinski definition) is 0. The summed E-state index contributed by atoms with van der Waals surface area (Å²) in [4.78, 5) is 32.7. The quantitative estimate of drug-likeness (QED) is 0.156. The molecule has 0 amide bonds. The van der Waals surface area contributed by atoms with Crippen LogP contribution in [0.3, 0.4) is 0 Å². The van der Waals surface area contributed by atoms with E-state index < -0.39 is 0 Å². The predicted molar refractivity (Wildman–Crippen MR) is 643 cm³/mol. The molecule has 13 aromatic heterocycles. The van der Waals surface area contributed by atoms with Gasteiger partial charge < -0.3 is 4.42 Å². The van der Waals surface area contributed by atoms with Crippen LogP contribution < -0.4 is 0 Å². The number of rotatable bonds is 7. The van der Waals surface area contributed by atoms with Gasteiger partial charge in [-0.2, -0.15) is 0 Å². The van der Waals surface area contributed by atoms with Gasteiger partial charge in [0.1, 0.15) is 11.2 Å². The summed E-state index contributed by atoms with van der Waals surface area (Å²) in [7, 11) is 0. The van der Waals surface area contributed by atoms with Gasteiger partial charge in [0.05, 0.1) is 63.8 Å². The van der Waals surface area contributed by atoms with Crippen molar-refractivity contribution in [2.75, 3.05) is 0 Å². The molecule has 150 heavy (non-hydrogen) atoms. The first-order chi connectivity index (χ1) is 74.4. The standard InChI is InChI=1S/C48H27N3S2.C44H23N3OS2.C42H23N3S2/c1-2-12-28(13-3-1)29-22-23-31-27-32(25-24-30(31)26-29)47-49-43-37-18-8-11-21-40(37)53-46(43)48(50-47)51-38-19-9-6-16-35(38)41-33-14-4-5-15-34(33)45-42(44(41)51)36-17-7-10-20-39(36)52-45;1-2-13-27-26(12-1)37-28-14-3-7-17-32(28)47(40(37)38-29-15-5-9-19-35(29)49-41(27)38)44-42-39(30-16-6-10-20-36(30)50-42)45-43(46-44)24-21-22-34-31(23-24)25-11-4-8-18-33(25)48-34;1-2-12-25-23-26(22-21-24(25)11-1)41-43-37-31-17-7-10-20-34(31)47-40(37)42(44-41)45-32-18-8-5-15-29(32)35-27-13-3-4-14-28(27)39-36(38(35)45)30-16-6-9-19-33(30)46-39/h1-27H;1-23H;1-23H. The molecule has 0 spiro atoms. The fraction of sp³-hybridized carbons (Fsp3) is 0. The van der Waals surface area contributed by atoms with Crippen LogP contribution in [-0.4, -0.2) is 43.6 Å². The van der Waals surface area contributed by atoms with Crippen molar-refractivity contribution in [2.24, 2.45) is 0 Å². The van der Waals surface area contributed by atoms with E-state index in [1.165, 1.54) is 183 Å². The molecule has 22 aromatic carbocycles. The first kappa shape index (κ1) is 84.1. The van der Waals surface area contributed by atoms with Crippen molar-refractivity contribution < 1.29 is 4.42 Å². The molecule has 0 aliphatic carbocycles. The molecule has 0 fully saturated rings. The van der Waals surface area contributed by atoms with E-state index in [1.807, 2.05) is 46.1 Å². The number of nitrogens with zero attached hydrogens (tertiary/aromatic N) is 9. The molecule has 13 heterocycles. The lowest BCUT2D eigenvalue weighted by atomic mass is 10.00. The SMILES string of the molecule is c1ccc(-c2ccc3cc(-c4nc(-n5c6ccccc6c6c7ccccc7c7sc8ccccc8c7c65)c5sc6ccccc6c5n4)ccc3c2)cc1.c1ccc2c(c1)oc1ccc(-c3nc(-n4c5ccccc5c5c6ccccc6c6sc7ccccc7c6c54)c4sc5ccccc5c4n3)cc12.c1ccc2cc(-c3nc(-n4c5ccccc5c5c6ccccc6c6sc7ccccc7c6c54)c4sc5ccccc5c4n3)ccc2c1. The normalized spacial score (nSPS) is 12.3. The number of furan rings is 1. The van der Waals surface area contributed by atoms with Gasteiger partial charge in [-0.15, -0.1) is 68.0 Å². The summed E-state index contributed by atoms with van der Waals surface area (Å²) in [6.45, 7) is 0. The highest BCUT2D eigenvalue weighted by Crippen LogP contribution is 2.56. The summed E-state index contributed by atoms with van der Waals surface area (Å²) < 4.78 is 28.2. The van der Waals surface area contributed by atoms with Crippen LogP contribution in [0.5, 0.6) is 0 Å². The van der Waals surface area contributed by atoms with Crippen molar-refractivity contribution in [3.8, 4) is 62.7 Å². The summed E-state index contributed by atoms with van der Waals surface area (Å²) in [5.74, 6) is 4.91. The minimum Gasteiger partial charge on any atom is -0.456 e. The Morgan fingerprint density at radius 2 is 0.440 bits per heavy atom. The third-order valence-electron chi connectivity index (χ3n) is 30.5. The number of thiophene rings is 6. The predicted octanol–water partition coefficient (Wildman–Crippen LogP) is 39.3. The first-order valence-corrected chi connectivity index (χ1v) is 55.1. The van der Waals surface area contributed by atoms with Crippen LogP contribution >= 0.6 is 68.0 Å². The summed E-state index contributed by atoms with van der Waals surface area (Å²) in [6.07, 6.45) is 0. The van der Waals surface area contributed by atoms with E-state index in [4.69, 9.17) is 34.3 Å². The Morgan fingerprint density at radius 3 is 0.847 bits per heavy atom. The topological polar surface area (TPSA) is 105 Å².